The van der Waals surface area contributed by atoms with Crippen molar-refractivity contribution < 1.29 is 13.9 Å². The predicted molar refractivity (Wildman–Crippen MR) is 80.2 cm³/mol. The zero-order valence-corrected chi connectivity index (χ0v) is 11.9. The second-order valence-corrected chi connectivity index (χ2v) is 4.77. The van der Waals surface area contributed by atoms with Gasteiger partial charge in [0.2, 0.25) is 0 Å². The molecule has 0 heterocycles. The Balaban J connectivity index is 2.14. The zero-order chi connectivity index (χ0) is 15.2. The van der Waals surface area contributed by atoms with Crippen LogP contribution in [0.1, 0.15) is 21.5 Å². The van der Waals surface area contributed by atoms with Crippen LogP contribution in [0.4, 0.5) is 4.39 Å². The fraction of sp³-hybridized carbons (Fsp3) is 0.235. The average molecular weight is 287 g/mol. The van der Waals surface area contributed by atoms with Gasteiger partial charge in [0.15, 0.2) is 17.3 Å². The van der Waals surface area contributed by atoms with Crippen molar-refractivity contribution in [1.82, 2.24) is 0 Å². The van der Waals surface area contributed by atoms with Crippen molar-refractivity contribution in [2.45, 2.75) is 12.8 Å². The van der Waals surface area contributed by atoms with Gasteiger partial charge in [-0.05, 0) is 30.2 Å². The van der Waals surface area contributed by atoms with Crippen molar-refractivity contribution >= 4 is 5.78 Å². The second-order valence-electron chi connectivity index (χ2n) is 4.77. The van der Waals surface area contributed by atoms with Crippen molar-refractivity contribution in [2.75, 3.05) is 13.7 Å². The summed E-state index contributed by atoms with van der Waals surface area (Å²) in [7, 11) is 1.40. The van der Waals surface area contributed by atoms with Crippen molar-refractivity contribution in [3.63, 3.8) is 0 Å². The molecule has 21 heavy (non-hydrogen) atoms. The molecule has 0 spiro atoms. The minimum Gasteiger partial charge on any atom is -0.494 e. The Bertz CT molecular complexity index is 623. The number of hydrogen-bond donors (Lipinski definition) is 1. The van der Waals surface area contributed by atoms with Gasteiger partial charge in [0.05, 0.1) is 7.11 Å². The normalized spacial score (nSPS) is 10.4. The molecule has 2 rings (SSSR count). The Kier molecular flexibility index (Phi) is 5.06. The van der Waals surface area contributed by atoms with E-state index in [1.165, 1.54) is 13.2 Å². The molecule has 2 aromatic carbocycles. The summed E-state index contributed by atoms with van der Waals surface area (Å²) in [6.45, 7) is 0.572. The van der Waals surface area contributed by atoms with Gasteiger partial charge in [-0.25, -0.2) is 4.39 Å². The molecule has 0 aliphatic rings. The maximum atomic E-state index is 14.0. The molecule has 2 N–H and O–H groups in total. The van der Waals surface area contributed by atoms with Gasteiger partial charge >= 0.3 is 0 Å². The van der Waals surface area contributed by atoms with Gasteiger partial charge in [0.25, 0.3) is 0 Å². The van der Waals surface area contributed by atoms with Crippen LogP contribution in [-0.2, 0) is 12.8 Å². The van der Waals surface area contributed by atoms with Crippen molar-refractivity contribution in [3.8, 4) is 5.75 Å². The number of Topliss-reactive ketones (excluding diaryl/α,β-unsaturated/α-hetero) is 1. The van der Waals surface area contributed by atoms with E-state index in [1.807, 2.05) is 12.1 Å². The van der Waals surface area contributed by atoms with E-state index in [-0.39, 0.29) is 18.0 Å². The lowest BCUT2D eigenvalue weighted by molar-refractivity contribution is 0.0991. The summed E-state index contributed by atoms with van der Waals surface area (Å²) >= 11 is 0. The minimum atomic E-state index is -0.479. The molecule has 0 bridgehead atoms. The molecule has 3 nitrogen and oxygen atoms in total. The lowest BCUT2D eigenvalue weighted by Gasteiger charge is -2.07. The van der Waals surface area contributed by atoms with E-state index in [9.17, 15) is 9.18 Å². The predicted octanol–water partition coefficient (Wildman–Crippen LogP) is 2.76. The summed E-state index contributed by atoms with van der Waals surface area (Å²) in [5.74, 6) is -0.451. The van der Waals surface area contributed by atoms with Crippen LogP contribution in [-0.4, -0.2) is 19.4 Å². The number of rotatable bonds is 6. The fourth-order valence-electron chi connectivity index (χ4n) is 2.15. The Morgan fingerprint density at radius 3 is 2.52 bits per heavy atom. The largest absolute Gasteiger partial charge is 0.494 e. The van der Waals surface area contributed by atoms with Crippen molar-refractivity contribution in [1.29, 1.82) is 0 Å². The molecule has 0 saturated heterocycles. The quantitative estimate of drug-likeness (QED) is 0.831. The minimum absolute atomic E-state index is 0.0132. The monoisotopic (exact) mass is 287 g/mol. The Hall–Kier alpha value is -2.20. The summed E-state index contributed by atoms with van der Waals surface area (Å²) in [4.78, 5) is 12.2. The first-order chi connectivity index (χ1) is 10.2. The first-order valence-electron chi connectivity index (χ1n) is 6.79. The highest BCUT2D eigenvalue weighted by atomic mass is 19.1. The van der Waals surface area contributed by atoms with Gasteiger partial charge in [-0.2, -0.15) is 0 Å². The summed E-state index contributed by atoms with van der Waals surface area (Å²) < 4.78 is 18.9. The number of benzene rings is 2. The van der Waals surface area contributed by atoms with Gasteiger partial charge in [0.1, 0.15) is 0 Å². The molecule has 0 aliphatic heterocycles. The maximum absolute atomic E-state index is 14.0. The molecule has 0 aromatic heterocycles. The Morgan fingerprint density at radius 1 is 1.19 bits per heavy atom. The molecule has 0 aliphatic carbocycles. The SMILES string of the molecule is COc1cccc(CC(=O)c2ccc(CCN)cc2)c1F. The molecule has 0 radical (unpaired) electrons. The third kappa shape index (κ3) is 3.67. The summed E-state index contributed by atoms with van der Waals surface area (Å²) in [5, 5.41) is 0. The van der Waals surface area contributed by atoms with E-state index in [1.54, 1.807) is 24.3 Å². The van der Waals surface area contributed by atoms with Crippen molar-refractivity contribution in [3.05, 3.63) is 65.0 Å². The lowest BCUT2D eigenvalue weighted by atomic mass is 10.0. The Labute approximate surface area is 123 Å². The number of methoxy groups -OCH3 is 1. The molecular weight excluding hydrogens is 269 g/mol. The number of halogens is 1. The van der Waals surface area contributed by atoms with E-state index in [4.69, 9.17) is 10.5 Å². The van der Waals surface area contributed by atoms with Crippen LogP contribution in [0.15, 0.2) is 42.5 Å². The number of carbonyl (C=O) groups is 1. The van der Waals surface area contributed by atoms with Crippen LogP contribution in [0.3, 0.4) is 0 Å². The van der Waals surface area contributed by atoms with E-state index in [0.717, 1.165) is 12.0 Å². The van der Waals surface area contributed by atoms with Crippen LogP contribution >= 0.6 is 0 Å². The summed E-state index contributed by atoms with van der Waals surface area (Å²) in [5.41, 5.74) is 7.47. The fourth-order valence-corrected chi connectivity index (χ4v) is 2.15. The Morgan fingerprint density at radius 2 is 1.90 bits per heavy atom. The van der Waals surface area contributed by atoms with E-state index in [0.29, 0.717) is 17.7 Å². The van der Waals surface area contributed by atoms with Crippen molar-refractivity contribution in [2.24, 2.45) is 5.73 Å². The average Bonchev–Trinajstić information content (AvgIpc) is 2.50. The zero-order valence-electron chi connectivity index (χ0n) is 11.9. The number of carbonyl (C=O) groups excluding carboxylic acids is 1. The highest BCUT2D eigenvalue weighted by molar-refractivity contribution is 5.97. The maximum Gasteiger partial charge on any atom is 0.168 e. The summed E-state index contributed by atoms with van der Waals surface area (Å²) in [6, 6.07) is 12.1. The molecular formula is C17H18FNO2. The van der Waals surface area contributed by atoms with E-state index in [2.05, 4.69) is 0 Å². The van der Waals surface area contributed by atoms with Gasteiger partial charge < -0.3 is 10.5 Å². The third-order valence-electron chi connectivity index (χ3n) is 3.32. The van der Waals surface area contributed by atoms with Crippen LogP contribution in [0, 0.1) is 5.82 Å². The van der Waals surface area contributed by atoms with Crippen LogP contribution < -0.4 is 10.5 Å². The number of ether oxygens (including phenoxy) is 1. The van der Waals surface area contributed by atoms with Crippen LogP contribution in [0.2, 0.25) is 0 Å². The molecule has 110 valence electrons. The standard InChI is InChI=1S/C17H18FNO2/c1-21-16-4-2-3-14(17(16)18)11-15(20)13-7-5-12(6-8-13)9-10-19/h2-8H,9-11,19H2,1H3. The molecule has 2 aromatic rings. The van der Waals surface area contributed by atoms with E-state index >= 15 is 0 Å². The molecule has 4 heteroatoms. The lowest BCUT2D eigenvalue weighted by Crippen LogP contribution is -2.07. The highest BCUT2D eigenvalue weighted by Gasteiger charge is 2.13. The molecule has 0 unspecified atom stereocenters. The number of hydrogen-bond acceptors (Lipinski definition) is 3. The second kappa shape index (κ2) is 6.99. The first-order valence-corrected chi connectivity index (χ1v) is 6.79. The topological polar surface area (TPSA) is 52.3 Å². The highest BCUT2D eigenvalue weighted by Crippen LogP contribution is 2.21. The van der Waals surface area contributed by atoms with Gasteiger partial charge in [-0.3, -0.25) is 4.79 Å². The van der Waals surface area contributed by atoms with Crippen LogP contribution in [0.5, 0.6) is 5.75 Å². The molecule has 0 fully saturated rings. The number of nitrogens with two attached hydrogens (primary N) is 1. The number of ketones is 1. The van der Waals surface area contributed by atoms with E-state index < -0.39 is 5.82 Å². The summed E-state index contributed by atoms with van der Waals surface area (Å²) in [6.07, 6.45) is 0.790. The smallest absolute Gasteiger partial charge is 0.168 e. The third-order valence-corrected chi connectivity index (χ3v) is 3.32. The molecule has 0 saturated carbocycles. The molecule has 0 atom stereocenters. The van der Waals surface area contributed by atoms with Gasteiger partial charge in [0, 0.05) is 12.0 Å². The first kappa shape index (κ1) is 15.2. The van der Waals surface area contributed by atoms with Crippen LogP contribution in [0.25, 0.3) is 0 Å². The van der Waals surface area contributed by atoms with Gasteiger partial charge in [-0.15, -0.1) is 0 Å². The van der Waals surface area contributed by atoms with Gasteiger partial charge in [-0.1, -0.05) is 36.4 Å². The molecule has 0 amide bonds.